The molecular formula is C11H14N2OS2. The lowest BCUT2D eigenvalue weighted by Gasteiger charge is -2.22. The van der Waals surface area contributed by atoms with Gasteiger partial charge in [0, 0.05) is 11.9 Å². The van der Waals surface area contributed by atoms with Crippen LogP contribution in [0.15, 0.2) is 17.5 Å². The van der Waals surface area contributed by atoms with Crippen molar-refractivity contribution >= 4 is 34.5 Å². The van der Waals surface area contributed by atoms with Crippen LogP contribution in [0.3, 0.4) is 0 Å². The van der Waals surface area contributed by atoms with Gasteiger partial charge in [-0.1, -0.05) is 18.3 Å². The van der Waals surface area contributed by atoms with Gasteiger partial charge in [-0.2, -0.15) is 0 Å². The highest BCUT2D eigenvalue weighted by atomic mass is 32.1. The summed E-state index contributed by atoms with van der Waals surface area (Å²) < 4.78 is 0. The summed E-state index contributed by atoms with van der Waals surface area (Å²) in [4.78, 5) is 15.4. The van der Waals surface area contributed by atoms with Crippen molar-refractivity contribution in [3.8, 4) is 0 Å². The van der Waals surface area contributed by atoms with Crippen LogP contribution < -0.4 is 5.73 Å². The molecule has 0 aromatic carbocycles. The highest BCUT2D eigenvalue weighted by Gasteiger charge is 2.53. The van der Waals surface area contributed by atoms with Gasteiger partial charge in [-0.05, 0) is 24.3 Å². The summed E-state index contributed by atoms with van der Waals surface area (Å²) in [5.74, 6) is 0.0633. The molecule has 0 atom stereocenters. The van der Waals surface area contributed by atoms with E-state index in [-0.39, 0.29) is 5.91 Å². The largest absolute Gasteiger partial charge is 0.392 e. The topological polar surface area (TPSA) is 46.3 Å². The van der Waals surface area contributed by atoms with Gasteiger partial charge < -0.3 is 10.6 Å². The predicted molar refractivity (Wildman–Crippen MR) is 69.2 cm³/mol. The SMILES string of the molecule is CN(Cc1cccs1)C(=O)C1(C(N)=S)CC1. The fraction of sp³-hybridized carbons (Fsp3) is 0.455. The summed E-state index contributed by atoms with van der Waals surface area (Å²) in [6.07, 6.45) is 1.60. The van der Waals surface area contributed by atoms with E-state index in [1.165, 1.54) is 4.88 Å². The van der Waals surface area contributed by atoms with Crippen LogP contribution in [-0.2, 0) is 11.3 Å². The Morgan fingerprint density at radius 2 is 2.38 bits per heavy atom. The van der Waals surface area contributed by atoms with Crippen molar-refractivity contribution in [2.45, 2.75) is 19.4 Å². The van der Waals surface area contributed by atoms with E-state index in [1.807, 2.05) is 17.5 Å². The molecule has 3 nitrogen and oxygen atoms in total. The molecule has 1 aromatic heterocycles. The maximum Gasteiger partial charge on any atom is 0.235 e. The van der Waals surface area contributed by atoms with Gasteiger partial charge >= 0.3 is 0 Å². The minimum absolute atomic E-state index is 0.0633. The van der Waals surface area contributed by atoms with Gasteiger partial charge in [0.2, 0.25) is 5.91 Å². The molecule has 1 aromatic rings. The molecular weight excluding hydrogens is 240 g/mol. The smallest absolute Gasteiger partial charge is 0.235 e. The summed E-state index contributed by atoms with van der Waals surface area (Å²) in [5.41, 5.74) is 5.10. The van der Waals surface area contributed by atoms with Gasteiger partial charge in [-0.25, -0.2) is 0 Å². The molecule has 1 saturated carbocycles. The van der Waals surface area contributed by atoms with E-state index < -0.39 is 5.41 Å². The number of hydrogen-bond donors (Lipinski definition) is 1. The first-order valence-corrected chi connectivity index (χ1v) is 6.43. The zero-order valence-corrected chi connectivity index (χ0v) is 10.7. The first kappa shape index (κ1) is 11.5. The number of thiophene rings is 1. The Morgan fingerprint density at radius 3 is 2.81 bits per heavy atom. The third kappa shape index (κ3) is 1.97. The van der Waals surface area contributed by atoms with Crippen LogP contribution in [0.4, 0.5) is 0 Å². The molecule has 1 amide bonds. The molecule has 86 valence electrons. The Labute approximate surface area is 104 Å². The fourth-order valence-corrected chi connectivity index (χ4v) is 2.81. The third-order valence-corrected chi connectivity index (χ3v) is 4.20. The molecule has 16 heavy (non-hydrogen) atoms. The number of carbonyl (C=O) groups is 1. The molecule has 1 fully saturated rings. The Morgan fingerprint density at radius 1 is 1.69 bits per heavy atom. The summed E-state index contributed by atoms with van der Waals surface area (Å²) in [5, 5.41) is 2.01. The van der Waals surface area contributed by atoms with Gasteiger partial charge in [-0.15, -0.1) is 11.3 Å². The lowest BCUT2D eigenvalue weighted by atomic mass is 10.1. The summed E-state index contributed by atoms with van der Waals surface area (Å²) >= 11 is 6.62. The molecule has 0 unspecified atom stereocenters. The molecule has 0 bridgehead atoms. The molecule has 0 saturated heterocycles. The molecule has 1 aliphatic rings. The first-order chi connectivity index (χ1) is 7.56. The van der Waals surface area contributed by atoms with Crippen molar-refractivity contribution in [3.63, 3.8) is 0 Å². The Hall–Kier alpha value is -0.940. The standard InChI is InChI=1S/C11H14N2OS2/c1-13(7-8-3-2-6-16-8)10(14)11(4-5-11)9(12)15/h2-3,6H,4-5,7H2,1H3,(H2,12,15). The van der Waals surface area contributed by atoms with E-state index in [2.05, 4.69) is 0 Å². The quantitative estimate of drug-likeness (QED) is 0.833. The minimum atomic E-state index is -0.526. The molecule has 1 aliphatic carbocycles. The van der Waals surface area contributed by atoms with E-state index in [4.69, 9.17) is 18.0 Å². The lowest BCUT2D eigenvalue weighted by molar-refractivity contribution is -0.133. The lowest BCUT2D eigenvalue weighted by Crippen LogP contribution is -2.40. The molecule has 0 aliphatic heterocycles. The summed E-state index contributed by atoms with van der Waals surface area (Å²) in [7, 11) is 1.81. The molecule has 2 N–H and O–H groups in total. The average Bonchev–Trinajstić information content (AvgIpc) is 2.91. The second-order valence-electron chi connectivity index (χ2n) is 4.19. The van der Waals surface area contributed by atoms with Gasteiger partial charge in [0.15, 0.2) is 0 Å². The van der Waals surface area contributed by atoms with Crippen molar-refractivity contribution in [1.29, 1.82) is 0 Å². The maximum absolute atomic E-state index is 12.2. The van der Waals surface area contributed by atoms with E-state index in [0.717, 1.165) is 12.8 Å². The zero-order chi connectivity index (χ0) is 11.8. The Balaban J connectivity index is 2.03. The van der Waals surface area contributed by atoms with E-state index in [0.29, 0.717) is 11.5 Å². The monoisotopic (exact) mass is 254 g/mol. The van der Waals surface area contributed by atoms with Crippen molar-refractivity contribution in [1.82, 2.24) is 4.90 Å². The number of amides is 1. The van der Waals surface area contributed by atoms with Crippen LogP contribution >= 0.6 is 23.6 Å². The van der Waals surface area contributed by atoms with E-state index in [1.54, 1.807) is 23.3 Å². The zero-order valence-electron chi connectivity index (χ0n) is 9.10. The number of rotatable bonds is 4. The molecule has 0 radical (unpaired) electrons. The number of nitrogens with two attached hydrogens (primary N) is 1. The average molecular weight is 254 g/mol. The van der Waals surface area contributed by atoms with Crippen molar-refractivity contribution in [2.24, 2.45) is 11.1 Å². The van der Waals surface area contributed by atoms with Gasteiger partial charge in [0.05, 0.1) is 16.9 Å². The predicted octanol–water partition coefficient (Wildman–Crippen LogP) is 1.77. The number of nitrogens with zero attached hydrogens (tertiary/aromatic N) is 1. The molecule has 2 rings (SSSR count). The van der Waals surface area contributed by atoms with Crippen LogP contribution in [0.25, 0.3) is 0 Å². The van der Waals surface area contributed by atoms with Gasteiger partial charge in [-0.3, -0.25) is 4.79 Å². The summed E-state index contributed by atoms with van der Waals surface area (Å²) in [6, 6.07) is 4.01. The van der Waals surface area contributed by atoms with Gasteiger partial charge in [0.25, 0.3) is 0 Å². The Kier molecular flexibility index (Phi) is 2.99. The van der Waals surface area contributed by atoms with Crippen molar-refractivity contribution in [2.75, 3.05) is 7.05 Å². The molecule has 0 spiro atoms. The number of thiocarbonyl (C=S) groups is 1. The first-order valence-electron chi connectivity index (χ1n) is 5.14. The third-order valence-electron chi connectivity index (χ3n) is 2.95. The fourth-order valence-electron chi connectivity index (χ4n) is 1.76. The van der Waals surface area contributed by atoms with Crippen molar-refractivity contribution < 1.29 is 4.79 Å². The van der Waals surface area contributed by atoms with Crippen molar-refractivity contribution in [3.05, 3.63) is 22.4 Å². The van der Waals surface area contributed by atoms with Crippen LogP contribution in [0.2, 0.25) is 0 Å². The normalized spacial score (nSPS) is 16.8. The highest BCUT2D eigenvalue weighted by molar-refractivity contribution is 7.80. The number of carbonyl (C=O) groups excluding carboxylic acids is 1. The van der Waals surface area contributed by atoms with E-state index in [9.17, 15) is 4.79 Å². The van der Waals surface area contributed by atoms with Crippen LogP contribution in [-0.4, -0.2) is 22.8 Å². The van der Waals surface area contributed by atoms with Crippen LogP contribution in [0, 0.1) is 5.41 Å². The van der Waals surface area contributed by atoms with Crippen LogP contribution in [0.1, 0.15) is 17.7 Å². The summed E-state index contributed by atoms with van der Waals surface area (Å²) in [6.45, 7) is 0.640. The molecule has 5 heteroatoms. The van der Waals surface area contributed by atoms with Crippen LogP contribution in [0.5, 0.6) is 0 Å². The van der Waals surface area contributed by atoms with E-state index >= 15 is 0 Å². The maximum atomic E-state index is 12.2. The highest BCUT2D eigenvalue weighted by Crippen LogP contribution is 2.47. The minimum Gasteiger partial charge on any atom is -0.392 e. The molecule has 1 heterocycles. The second kappa shape index (κ2) is 4.14. The van der Waals surface area contributed by atoms with Gasteiger partial charge in [0.1, 0.15) is 0 Å². The number of hydrogen-bond acceptors (Lipinski definition) is 3. The Bertz CT molecular complexity index is 410. The second-order valence-corrected chi connectivity index (χ2v) is 5.66.